The van der Waals surface area contributed by atoms with Gasteiger partial charge in [-0.05, 0) is 50.6 Å². The van der Waals surface area contributed by atoms with Gasteiger partial charge in [0.15, 0.2) is 0 Å². The fourth-order valence-electron chi connectivity index (χ4n) is 3.24. The molecule has 2 N–H and O–H groups in total. The number of nitrogens with one attached hydrogen (secondary N) is 2. The lowest BCUT2D eigenvalue weighted by atomic mass is 9.87. The van der Waals surface area contributed by atoms with Gasteiger partial charge >= 0.3 is 0 Å². The molecule has 0 aliphatic carbocycles. The Hall–Kier alpha value is -0.0800. The zero-order valence-corrected chi connectivity index (χ0v) is 10.6. The van der Waals surface area contributed by atoms with Crippen molar-refractivity contribution in [2.75, 3.05) is 26.2 Å². The van der Waals surface area contributed by atoms with Gasteiger partial charge in [0.05, 0.1) is 13.1 Å². The Kier molecular flexibility index (Phi) is 5.11. The molecule has 0 spiro atoms. The van der Waals surface area contributed by atoms with Gasteiger partial charge in [0.25, 0.3) is 0 Å². The zero-order valence-electron chi connectivity index (χ0n) is 10.6. The number of hydrogen-bond donors (Lipinski definition) is 2. The maximum atomic E-state index is 4.10. The van der Waals surface area contributed by atoms with Gasteiger partial charge in [0.2, 0.25) is 0 Å². The molecule has 0 atom stereocenters. The van der Waals surface area contributed by atoms with Gasteiger partial charge in [-0.1, -0.05) is 19.3 Å². The molecule has 2 aliphatic rings. The van der Waals surface area contributed by atoms with Crippen LogP contribution in [0.2, 0.25) is 0 Å². The fourth-order valence-corrected chi connectivity index (χ4v) is 3.24. The molecule has 2 nitrogen and oxygen atoms in total. The molecule has 2 heterocycles. The molecule has 0 aromatic rings. The summed E-state index contributed by atoms with van der Waals surface area (Å²) in [5.41, 5.74) is 0. The van der Waals surface area contributed by atoms with E-state index in [1.807, 2.05) is 0 Å². The first kappa shape index (κ1) is 12.4. The Balaban J connectivity index is 1.53. The van der Waals surface area contributed by atoms with E-state index >= 15 is 0 Å². The summed E-state index contributed by atoms with van der Waals surface area (Å²) < 4.78 is 0. The summed E-state index contributed by atoms with van der Waals surface area (Å²) in [4.78, 5) is 1.50. The molecule has 2 aliphatic heterocycles. The molecule has 2 saturated heterocycles. The van der Waals surface area contributed by atoms with E-state index in [0.717, 1.165) is 11.8 Å². The fraction of sp³-hybridized carbons (Fsp3) is 0.929. The molecule has 0 aromatic heterocycles. The first-order valence-electron chi connectivity index (χ1n) is 7.22. The van der Waals surface area contributed by atoms with Crippen molar-refractivity contribution in [3.8, 4) is 0 Å². The molecule has 0 aromatic carbocycles. The first-order chi connectivity index (χ1) is 7.84. The SMILES string of the molecule is [CH2-][NH+]1CCC(CCCC2CCNCC2)CC1. The molecule has 0 radical (unpaired) electrons. The van der Waals surface area contributed by atoms with Crippen LogP contribution in [0.4, 0.5) is 0 Å². The van der Waals surface area contributed by atoms with Crippen LogP contribution in [0, 0.1) is 18.9 Å². The largest absolute Gasteiger partial charge is 0.468 e. The highest BCUT2D eigenvalue weighted by Gasteiger charge is 2.18. The third-order valence-corrected chi connectivity index (χ3v) is 4.50. The topological polar surface area (TPSA) is 16.5 Å². The van der Waals surface area contributed by atoms with Crippen LogP contribution < -0.4 is 10.2 Å². The number of quaternary nitrogens is 1. The Morgan fingerprint density at radius 1 is 0.938 bits per heavy atom. The molecule has 94 valence electrons. The summed E-state index contributed by atoms with van der Waals surface area (Å²) in [7, 11) is 4.10. The van der Waals surface area contributed by atoms with E-state index in [1.54, 1.807) is 0 Å². The number of rotatable bonds is 4. The highest BCUT2D eigenvalue weighted by molar-refractivity contribution is 4.70. The van der Waals surface area contributed by atoms with Crippen LogP contribution >= 0.6 is 0 Å². The molecule has 2 heteroatoms. The summed E-state index contributed by atoms with van der Waals surface area (Å²) in [5, 5.41) is 3.45. The van der Waals surface area contributed by atoms with Crippen molar-refractivity contribution in [3.63, 3.8) is 0 Å². The Morgan fingerprint density at radius 3 is 2.12 bits per heavy atom. The maximum absolute atomic E-state index is 4.10. The lowest BCUT2D eigenvalue weighted by Crippen LogP contribution is -3.08. The summed E-state index contributed by atoms with van der Waals surface area (Å²) >= 11 is 0. The average molecular weight is 224 g/mol. The lowest BCUT2D eigenvalue weighted by molar-refractivity contribution is -0.860. The van der Waals surface area contributed by atoms with Gasteiger partial charge in [-0.2, -0.15) is 7.05 Å². The molecular formula is C14H28N2. The van der Waals surface area contributed by atoms with Crippen LogP contribution in [0.1, 0.15) is 44.9 Å². The van der Waals surface area contributed by atoms with Crippen molar-refractivity contribution in [1.29, 1.82) is 0 Å². The number of hydrogen-bond acceptors (Lipinski definition) is 1. The molecule has 0 amide bonds. The third kappa shape index (κ3) is 4.06. The minimum atomic E-state index is 1.02. The minimum absolute atomic E-state index is 1.02. The monoisotopic (exact) mass is 224 g/mol. The van der Waals surface area contributed by atoms with Crippen LogP contribution in [-0.4, -0.2) is 26.2 Å². The van der Waals surface area contributed by atoms with E-state index in [-0.39, 0.29) is 0 Å². The van der Waals surface area contributed by atoms with Gasteiger partial charge in [0, 0.05) is 0 Å². The van der Waals surface area contributed by atoms with Gasteiger partial charge in [0.1, 0.15) is 0 Å². The summed E-state index contributed by atoms with van der Waals surface area (Å²) in [6.07, 6.45) is 10.1. The molecule has 0 bridgehead atoms. The van der Waals surface area contributed by atoms with E-state index in [9.17, 15) is 0 Å². The zero-order chi connectivity index (χ0) is 11.2. The molecule has 0 unspecified atom stereocenters. The van der Waals surface area contributed by atoms with Crippen molar-refractivity contribution in [2.45, 2.75) is 44.9 Å². The Morgan fingerprint density at radius 2 is 1.50 bits per heavy atom. The van der Waals surface area contributed by atoms with Crippen LogP contribution in [0.25, 0.3) is 0 Å². The van der Waals surface area contributed by atoms with Crippen molar-refractivity contribution in [3.05, 3.63) is 7.05 Å². The van der Waals surface area contributed by atoms with E-state index in [1.165, 1.54) is 76.0 Å². The van der Waals surface area contributed by atoms with Gasteiger partial charge in [-0.25, -0.2) is 0 Å². The Bertz CT molecular complexity index is 179. The molecule has 0 saturated carbocycles. The highest BCUT2D eigenvalue weighted by atomic mass is 15.1. The second-order valence-corrected chi connectivity index (χ2v) is 5.82. The standard InChI is InChI=1S/C14H28N2/c1-16-11-7-14(8-12-16)4-2-3-13-5-9-15-10-6-13/h13-16H,1-12H2. The molecule has 16 heavy (non-hydrogen) atoms. The predicted octanol–water partition coefficient (Wildman–Crippen LogP) is 1.24. The van der Waals surface area contributed by atoms with Crippen molar-refractivity contribution >= 4 is 0 Å². The van der Waals surface area contributed by atoms with Crippen LogP contribution in [-0.2, 0) is 0 Å². The van der Waals surface area contributed by atoms with Crippen molar-refractivity contribution in [2.24, 2.45) is 11.8 Å². The average Bonchev–Trinajstić information content (AvgIpc) is 2.33. The maximum Gasteiger partial charge on any atom is 0.0533 e. The van der Waals surface area contributed by atoms with E-state index in [4.69, 9.17) is 0 Å². The van der Waals surface area contributed by atoms with Gasteiger partial charge in [-0.3, -0.25) is 0 Å². The molecular weight excluding hydrogens is 196 g/mol. The van der Waals surface area contributed by atoms with E-state index < -0.39 is 0 Å². The van der Waals surface area contributed by atoms with E-state index in [2.05, 4.69) is 12.4 Å². The third-order valence-electron chi connectivity index (χ3n) is 4.50. The molecule has 2 rings (SSSR count). The normalized spacial score (nSPS) is 32.8. The van der Waals surface area contributed by atoms with Crippen LogP contribution in [0.15, 0.2) is 0 Å². The number of likely N-dealkylation sites (tertiary alicyclic amines) is 1. The smallest absolute Gasteiger partial charge is 0.0533 e. The quantitative estimate of drug-likeness (QED) is 0.687. The van der Waals surface area contributed by atoms with Crippen molar-refractivity contribution in [1.82, 2.24) is 5.32 Å². The number of piperidine rings is 2. The highest BCUT2D eigenvalue weighted by Crippen LogP contribution is 2.23. The van der Waals surface area contributed by atoms with E-state index in [0.29, 0.717) is 0 Å². The van der Waals surface area contributed by atoms with Crippen molar-refractivity contribution < 1.29 is 4.90 Å². The first-order valence-corrected chi connectivity index (χ1v) is 7.22. The van der Waals surface area contributed by atoms with Gasteiger partial charge < -0.3 is 10.2 Å². The Labute approximate surface area is 101 Å². The summed E-state index contributed by atoms with van der Waals surface area (Å²) in [6.45, 7) is 5.12. The molecule has 2 fully saturated rings. The second kappa shape index (κ2) is 6.61. The lowest BCUT2D eigenvalue weighted by Gasteiger charge is -2.31. The van der Waals surface area contributed by atoms with Gasteiger partial charge in [-0.15, -0.1) is 0 Å². The predicted molar refractivity (Wildman–Crippen MR) is 68.2 cm³/mol. The summed E-state index contributed by atoms with van der Waals surface area (Å²) in [5.74, 6) is 2.05. The second-order valence-electron chi connectivity index (χ2n) is 5.82. The van der Waals surface area contributed by atoms with Crippen LogP contribution in [0.5, 0.6) is 0 Å². The minimum Gasteiger partial charge on any atom is -0.468 e. The van der Waals surface area contributed by atoms with Crippen LogP contribution in [0.3, 0.4) is 0 Å². The summed E-state index contributed by atoms with van der Waals surface area (Å²) in [6, 6.07) is 0.